The second kappa shape index (κ2) is 6.18. The molecule has 2 rings (SSSR count). The van der Waals surface area contributed by atoms with Crippen molar-refractivity contribution < 1.29 is 9.18 Å². The van der Waals surface area contributed by atoms with E-state index in [1.54, 1.807) is 6.07 Å². The quantitative estimate of drug-likeness (QED) is 0.885. The number of halogens is 2. The summed E-state index contributed by atoms with van der Waals surface area (Å²) in [5.41, 5.74) is 3.74. The van der Waals surface area contributed by atoms with Crippen molar-refractivity contribution in [3.05, 3.63) is 63.4 Å². The van der Waals surface area contributed by atoms with E-state index in [1.807, 2.05) is 32.0 Å². The lowest BCUT2D eigenvalue weighted by Gasteiger charge is -2.09. The van der Waals surface area contributed by atoms with Crippen molar-refractivity contribution in [2.45, 2.75) is 20.3 Å². The van der Waals surface area contributed by atoms with E-state index in [2.05, 4.69) is 21.2 Å². The summed E-state index contributed by atoms with van der Waals surface area (Å²) in [7, 11) is 0. The number of rotatable bonds is 3. The highest BCUT2D eigenvalue weighted by Crippen LogP contribution is 2.23. The zero-order chi connectivity index (χ0) is 14.7. The first-order chi connectivity index (χ1) is 9.45. The average molecular weight is 336 g/mol. The molecule has 0 aliphatic heterocycles. The van der Waals surface area contributed by atoms with Crippen molar-refractivity contribution in [3.63, 3.8) is 0 Å². The molecule has 0 bridgehead atoms. The molecule has 1 N–H and O–H groups in total. The minimum absolute atomic E-state index is 0.167. The van der Waals surface area contributed by atoms with Crippen LogP contribution in [0.15, 0.2) is 40.9 Å². The van der Waals surface area contributed by atoms with Crippen LogP contribution in [0, 0.1) is 19.7 Å². The molecule has 0 unspecified atom stereocenters. The topological polar surface area (TPSA) is 29.1 Å². The summed E-state index contributed by atoms with van der Waals surface area (Å²) in [5.74, 6) is -0.547. The molecule has 2 nitrogen and oxygen atoms in total. The van der Waals surface area contributed by atoms with Gasteiger partial charge in [0, 0.05) is 4.47 Å². The Balaban J connectivity index is 2.09. The van der Waals surface area contributed by atoms with Crippen LogP contribution >= 0.6 is 15.9 Å². The lowest BCUT2D eigenvalue weighted by Crippen LogP contribution is -2.15. The molecule has 0 fully saturated rings. The van der Waals surface area contributed by atoms with Gasteiger partial charge >= 0.3 is 0 Å². The maximum atomic E-state index is 13.1. The number of amides is 1. The van der Waals surface area contributed by atoms with Gasteiger partial charge in [0.25, 0.3) is 0 Å². The first-order valence-corrected chi connectivity index (χ1v) is 7.06. The molecule has 0 aliphatic rings. The van der Waals surface area contributed by atoms with Gasteiger partial charge in [0.15, 0.2) is 0 Å². The fraction of sp³-hybridized carbons (Fsp3) is 0.188. The van der Waals surface area contributed by atoms with E-state index < -0.39 is 0 Å². The zero-order valence-corrected chi connectivity index (χ0v) is 12.9. The molecule has 104 valence electrons. The van der Waals surface area contributed by atoms with Crippen LogP contribution in [-0.2, 0) is 11.2 Å². The summed E-state index contributed by atoms with van der Waals surface area (Å²) in [6, 6.07) is 10.1. The first-order valence-electron chi connectivity index (χ1n) is 6.27. The molecule has 2 aromatic carbocycles. The van der Waals surface area contributed by atoms with Crippen molar-refractivity contribution in [1.82, 2.24) is 0 Å². The lowest BCUT2D eigenvalue weighted by molar-refractivity contribution is -0.115. The average Bonchev–Trinajstić information content (AvgIpc) is 2.38. The van der Waals surface area contributed by atoms with Crippen molar-refractivity contribution in [1.29, 1.82) is 0 Å². The molecule has 0 spiro atoms. The molecule has 0 aliphatic carbocycles. The van der Waals surface area contributed by atoms with E-state index in [-0.39, 0.29) is 18.1 Å². The zero-order valence-electron chi connectivity index (χ0n) is 11.3. The number of nitrogens with one attached hydrogen (secondary N) is 1. The van der Waals surface area contributed by atoms with Crippen LogP contribution in [0.1, 0.15) is 16.7 Å². The van der Waals surface area contributed by atoms with Crippen LogP contribution in [0.4, 0.5) is 10.1 Å². The monoisotopic (exact) mass is 335 g/mol. The van der Waals surface area contributed by atoms with Crippen LogP contribution in [0.25, 0.3) is 0 Å². The van der Waals surface area contributed by atoms with Crippen molar-refractivity contribution in [2.24, 2.45) is 0 Å². The third-order valence-corrected chi connectivity index (χ3v) is 3.83. The normalized spacial score (nSPS) is 10.4. The third-order valence-electron chi connectivity index (χ3n) is 3.14. The van der Waals surface area contributed by atoms with Crippen LogP contribution in [0.5, 0.6) is 0 Å². The van der Waals surface area contributed by atoms with Gasteiger partial charge < -0.3 is 5.32 Å². The standard InChI is InChI=1S/C16H15BrFNO/c1-10-3-4-12(7-11(10)2)8-16(20)19-15-9-13(18)5-6-14(15)17/h3-7,9H,8H2,1-2H3,(H,19,20). The van der Waals surface area contributed by atoms with E-state index in [1.165, 1.54) is 17.7 Å². The Kier molecular flexibility index (Phi) is 4.55. The second-order valence-corrected chi connectivity index (χ2v) is 5.62. The smallest absolute Gasteiger partial charge is 0.228 e. The molecule has 4 heteroatoms. The predicted octanol–water partition coefficient (Wildman–Crippen LogP) is 4.39. The van der Waals surface area contributed by atoms with Gasteiger partial charge in [0.05, 0.1) is 12.1 Å². The predicted molar refractivity (Wildman–Crippen MR) is 82.3 cm³/mol. The van der Waals surface area contributed by atoms with Crippen LogP contribution in [0.3, 0.4) is 0 Å². The van der Waals surface area contributed by atoms with Crippen molar-refractivity contribution in [3.8, 4) is 0 Å². The molecule has 1 amide bonds. The third kappa shape index (κ3) is 3.67. The minimum Gasteiger partial charge on any atom is -0.325 e. The number of hydrogen-bond donors (Lipinski definition) is 1. The van der Waals surface area contributed by atoms with E-state index >= 15 is 0 Å². The molecular weight excluding hydrogens is 321 g/mol. The Morgan fingerprint density at radius 3 is 2.60 bits per heavy atom. The number of anilines is 1. The largest absolute Gasteiger partial charge is 0.325 e. The number of hydrogen-bond acceptors (Lipinski definition) is 1. The summed E-state index contributed by atoms with van der Waals surface area (Å²) in [6.45, 7) is 4.04. The second-order valence-electron chi connectivity index (χ2n) is 4.77. The minimum atomic E-state index is -0.380. The van der Waals surface area contributed by atoms with E-state index in [9.17, 15) is 9.18 Å². The van der Waals surface area contributed by atoms with E-state index in [0.717, 1.165) is 11.1 Å². The van der Waals surface area contributed by atoms with Crippen LogP contribution in [-0.4, -0.2) is 5.91 Å². The highest BCUT2D eigenvalue weighted by atomic mass is 79.9. The molecule has 20 heavy (non-hydrogen) atoms. The van der Waals surface area contributed by atoms with Gasteiger partial charge in [0.1, 0.15) is 5.82 Å². The Bertz CT molecular complexity index is 655. The molecule has 2 aromatic rings. The van der Waals surface area contributed by atoms with Gasteiger partial charge in [-0.2, -0.15) is 0 Å². The number of aryl methyl sites for hydroxylation is 2. The summed E-state index contributed by atoms with van der Waals surface area (Å²) < 4.78 is 13.8. The highest BCUT2D eigenvalue weighted by Gasteiger charge is 2.08. The Morgan fingerprint density at radius 2 is 1.90 bits per heavy atom. The van der Waals surface area contributed by atoms with E-state index in [4.69, 9.17) is 0 Å². The Morgan fingerprint density at radius 1 is 1.15 bits per heavy atom. The fourth-order valence-electron chi connectivity index (χ4n) is 1.89. The molecule has 0 radical (unpaired) electrons. The molecule has 0 heterocycles. The number of carbonyl (C=O) groups is 1. The molecule has 0 saturated carbocycles. The maximum absolute atomic E-state index is 13.1. The Labute approximate surface area is 126 Å². The molecular formula is C16H15BrFNO. The lowest BCUT2D eigenvalue weighted by atomic mass is 10.0. The summed E-state index contributed by atoms with van der Waals surface area (Å²) >= 11 is 3.28. The summed E-state index contributed by atoms with van der Waals surface area (Å²) in [4.78, 5) is 12.0. The van der Waals surface area contributed by atoms with Gasteiger partial charge in [-0.3, -0.25) is 4.79 Å². The Hall–Kier alpha value is -1.68. The summed E-state index contributed by atoms with van der Waals surface area (Å²) in [6.07, 6.45) is 0.268. The molecule has 0 saturated heterocycles. The first kappa shape index (κ1) is 14.7. The SMILES string of the molecule is Cc1ccc(CC(=O)Nc2cc(F)ccc2Br)cc1C. The van der Waals surface area contributed by atoms with Crippen molar-refractivity contribution in [2.75, 3.05) is 5.32 Å². The molecule has 0 atom stereocenters. The van der Waals surface area contributed by atoms with Crippen molar-refractivity contribution >= 4 is 27.5 Å². The van der Waals surface area contributed by atoms with Gasteiger partial charge in [-0.1, -0.05) is 18.2 Å². The van der Waals surface area contributed by atoms with Gasteiger partial charge in [-0.15, -0.1) is 0 Å². The van der Waals surface area contributed by atoms with Gasteiger partial charge in [-0.25, -0.2) is 4.39 Å². The maximum Gasteiger partial charge on any atom is 0.228 e. The molecule has 0 aromatic heterocycles. The fourth-order valence-corrected chi connectivity index (χ4v) is 2.23. The van der Waals surface area contributed by atoms with E-state index in [0.29, 0.717) is 10.2 Å². The number of carbonyl (C=O) groups excluding carboxylic acids is 1. The van der Waals surface area contributed by atoms with Crippen LogP contribution < -0.4 is 5.32 Å². The van der Waals surface area contributed by atoms with Crippen LogP contribution in [0.2, 0.25) is 0 Å². The summed E-state index contributed by atoms with van der Waals surface area (Å²) in [5, 5.41) is 2.71. The van der Waals surface area contributed by atoms with Gasteiger partial charge in [-0.05, 0) is 64.7 Å². The highest BCUT2D eigenvalue weighted by molar-refractivity contribution is 9.10. The van der Waals surface area contributed by atoms with Gasteiger partial charge in [0.2, 0.25) is 5.91 Å². The number of benzene rings is 2.